The number of nitrogens with zero attached hydrogens (tertiary/aromatic N) is 2. The second-order valence-electron chi connectivity index (χ2n) is 2.68. The maximum Gasteiger partial charge on any atom is 0.239 e. The van der Waals surface area contributed by atoms with Gasteiger partial charge in [-0.15, -0.1) is 5.10 Å². The van der Waals surface area contributed by atoms with E-state index in [1.807, 2.05) is 0 Å². The highest BCUT2D eigenvalue weighted by Gasteiger charge is 2.07. The highest BCUT2D eigenvalue weighted by atomic mass is 32.1. The van der Waals surface area contributed by atoms with Crippen molar-refractivity contribution >= 4 is 28.9 Å². The Morgan fingerprint density at radius 1 is 1.67 bits per heavy atom. The molecule has 0 fully saturated rings. The predicted molar refractivity (Wildman–Crippen MR) is 60.5 cm³/mol. The molecule has 0 aliphatic rings. The lowest BCUT2D eigenvalue weighted by Gasteiger charge is -2.07. The molecule has 0 aliphatic carbocycles. The Kier molecular flexibility index (Phi) is 3.92. The molecule has 0 aliphatic heterocycles. The molecule has 6 nitrogen and oxygen atoms in total. The second-order valence-corrected chi connectivity index (χ2v) is 3.12. The third kappa shape index (κ3) is 3.13. The number of nitrogens with two attached hydrogens (primary N) is 1. The van der Waals surface area contributed by atoms with Crippen LogP contribution in [0.15, 0.2) is 12.3 Å². The van der Waals surface area contributed by atoms with Gasteiger partial charge in [-0.1, -0.05) is 12.2 Å². The summed E-state index contributed by atoms with van der Waals surface area (Å²) in [4.78, 5) is 11.2. The summed E-state index contributed by atoms with van der Waals surface area (Å²) in [6, 6.07) is 1.64. The first-order valence-corrected chi connectivity index (χ1v) is 4.62. The van der Waals surface area contributed by atoms with Gasteiger partial charge in [0.1, 0.15) is 4.99 Å². The van der Waals surface area contributed by atoms with Crippen LogP contribution in [0, 0.1) is 0 Å². The van der Waals surface area contributed by atoms with Crippen LogP contribution in [0.2, 0.25) is 0 Å². The largest absolute Gasteiger partial charge is 0.389 e. The van der Waals surface area contributed by atoms with Crippen LogP contribution in [0.4, 0.5) is 5.82 Å². The Labute approximate surface area is 92.3 Å². The molecule has 0 saturated heterocycles. The average Bonchev–Trinajstić information content (AvgIpc) is 2.26. The summed E-state index contributed by atoms with van der Waals surface area (Å²) in [5.41, 5.74) is 6.05. The Balaban J connectivity index is 2.76. The number of rotatable bonds is 4. The van der Waals surface area contributed by atoms with E-state index >= 15 is 0 Å². The first-order valence-electron chi connectivity index (χ1n) is 4.21. The van der Waals surface area contributed by atoms with E-state index in [0.717, 1.165) is 0 Å². The fraction of sp³-hybridized carbons (Fsp3) is 0.250. The van der Waals surface area contributed by atoms with E-state index in [2.05, 4.69) is 20.8 Å². The van der Waals surface area contributed by atoms with Crippen molar-refractivity contribution in [2.45, 2.75) is 0 Å². The van der Waals surface area contributed by atoms with E-state index in [9.17, 15) is 4.79 Å². The van der Waals surface area contributed by atoms with E-state index in [-0.39, 0.29) is 17.4 Å². The van der Waals surface area contributed by atoms with Gasteiger partial charge in [-0.2, -0.15) is 5.10 Å². The summed E-state index contributed by atoms with van der Waals surface area (Å²) in [6.45, 7) is 0.102. The molecular weight excluding hydrogens is 214 g/mol. The topological polar surface area (TPSA) is 92.9 Å². The summed E-state index contributed by atoms with van der Waals surface area (Å²) in [6.07, 6.45) is 1.49. The molecule has 1 rings (SSSR count). The van der Waals surface area contributed by atoms with Gasteiger partial charge in [-0.25, -0.2) is 0 Å². The SMILES string of the molecule is CNC(=O)CNc1nnccc1C(N)=S. The van der Waals surface area contributed by atoms with Crippen molar-refractivity contribution in [3.05, 3.63) is 17.8 Å². The van der Waals surface area contributed by atoms with Gasteiger partial charge in [-0.3, -0.25) is 4.79 Å². The minimum Gasteiger partial charge on any atom is -0.389 e. The molecule has 1 heterocycles. The van der Waals surface area contributed by atoms with Gasteiger partial charge in [0.25, 0.3) is 0 Å². The molecule has 7 heteroatoms. The lowest BCUT2D eigenvalue weighted by Crippen LogP contribution is -2.27. The highest BCUT2D eigenvalue weighted by Crippen LogP contribution is 2.08. The first-order chi connectivity index (χ1) is 7.15. The zero-order valence-corrected chi connectivity index (χ0v) is 8.97. The van der Waals surface area contributed by atoms with Crippen LogP contribution in [-0.2, 0) is 4.79 Å². The molecule has 0 unspecified atom stereocenters. The van der Waals surface area contributed by atoms with E-state index in [4.69, 9.17) is 18.0 Å². The first kappa shape index (κ1) is 11.3. The zero-order chi connectivity index (χ0) is 11.3. The number of carbonyl (C=O) groups excluding carboxylic acids is 1. The van der Waals surface area contributed by atoms with Gasteiger partial charge < -0.3 is 16.4 Å². The monoisotopic (exact) mass is 225 g/mol. The minimum atomic E-state index is -0.158. The molecular formula is C8H11N5OS. The van der Waals surface area contributed by atoms with E-state index in [1.165, 1.54) is 6.20 Å². The maximum atomic E-state index is 11.0. The van der Waals surface area contributed by atoms with Crippen LogP contribution in [0.1, 0.15) is 5.56 Å². The van der Waals surface area contributed by atoms with E-state index < -0.39 is 0 Å². The molecule has 4 N–H and O–H groups in total. The van der Waals surface area contributed by atoms with Crippen molar-refractivity contribution in [2.75, 3.05) is 18.9 Å². The van der Waals surface area contributed by atoms with Crippen molar-refractivity contribution in [3.8, 4) is 0 Å². The molecule has 1 amide bonds. The van der Waals surface area contributed by atoms with Gasteiger partial charge in [0, 0.05) is 7.05 Å². The third-order valence-corrected chi connectivity index (χ3v) is 1.90. The lowest BCUT2D eigenvalue weighted by atomic mass is 10.3. The van der Waals surface area contributed by atoms with Crippen LogP contribution in [-0.4, -0.2) is 34.7 Å². The van der Waals surface area contributed by atoms with E-state index in [1.54, 1.807) is 13.1 Å². The van der Waals surface area contributed by atoms with Crippen molar-refractivity contribution in [3.63, 3.8) is 0 Å². The number of likely N-dealkylation sites (N-methyl/N-ethyl adjacent to an activating group) is 1. The second kappa shape index (κ2) is 5.20. The van der Waals surface area contributed by atoms with Crippen LogP contribution >= 0.6 is 12.2 Å². The smallest absolute Gasteiger partial charge is 0.239 e. The van der Waals surface area contributed by atoms with Gasteiger partial charge in [0.2, 0.25) is 5.91 Å². The molecule has 1 aromatic heterocycles. The fourth-order valence-corrected chi connectivity index (χ4v) is 1.08. The molecule has 0 bridgehead atoms. The Morgan fingerprint density at radius 3 is 3.00 bits per heavy atom. The molecule has 1 aromatic rings. The maximum absolute atomic E-state index is 11.0. The summed E-state index contributed by atoms with van der Waals surface area (Å²) >= 11 is 4.83. The van der Waals surface area contributed by atoms with Gasteiger partial charge >= 0.3 is 0 Å². The molecule has 0 saturated carbocycles. The molecule has 15 heavy (non-hydrogen) atoms. The molecule has 0 atom stereocenters. The predicted octanol–water partition coefficient (Wildman–Crippen LogP) is -0.731. The lowest BCUT2D eigenvalue weighted by molar-refractivity contribution is -0.118. The summed E-state index contributed by atoms with van der Waals surface area (Å²) in [7, 11) is 1.55. The minimum absolute atomic E-state index is 0.102. The van der Waals surface area contributed by atoms with Gasteiger partial charge in [0.15, 0.2) is 5.82 Å². The number of hydrogen-bond donors (Lipinski definition) is 3. The number of nitrogens with one attached hydrogen (secondary N) is 2. The number of amides is 1. The van der Waals surface area contributed by atoms with Crippen LogP contribution in [0.25, 0.3) is 0 Å². The molecule has 0 spiro atoms. The molecule has 80 valence electrons. The third-order valence-electron chi connectivity index (χ3n) is 1.68. The van der Waals surface area contributed by atoms with Gasteiger partial charge in [-0.05, 0) is 6.07 Å². The van der Waals surface area contributed by atoms with Gasteiger partial charge in [0.05, 0.1) is 18.3 Å². The number of aromatic nitrogens is 2. The number of carbonyl (C=O) groups is 1. The summed E-state index contributed by atoms with van der Waals surface area (Å²) in [5.74, 6) is 0.253. The van der Waals surface area contributed by atoms with Crippen molar-refractivity contribution in [2.24, 2.45) is 5.73 Å². The normalized spacial score (nSPS) is 9.40. The van der Waals surface area contributed by atoms with Crippen LogP contribution in [0.3, 0.4) is 0 Å². The summed E-state index contributed by atoms with van der Waals surface area (Å²) in [5, 5.41) is 12.7. The highest BCUT2D eigenvalue weighted by molar-refractivity contribution is 7.80. The number of anilines is 1. The fourth-order valence-electron chi connectivity index (χ4n) is 0.914. The Bertz CT molecular complexity index is 381. The Hall–Kier alpha value is -1.76. The van der Waals surface area contributed by atoms with Crippen LogP contribution in [0.5, 0.6) is 0 Å². The zero-order valence-electron chi connectivity index (χ0n) is 8.15. The van der Waals surface area contributed by atoms with Crippen molar-refractivity contribution in [1.82, 2.24) is 15.5 Å². The quantitative estimate of drug-likeness (QED) is 0.585. The number of hydrogen-bond acceptors (Lipinski definition) is 5. The standard InChI is InChI=1S/C8H11N5OS/c1-10-6(14)4-11-8-5(7(9)15)2-3-12-13-8/h2-3H,4H2,1H3,(H2,9,15)(H,10,14)(H,11,13). The van der Waals surface area contributed by atoms with E-state index in [0.29, 0.717) is 11.4 Å². The van der Waals surface area contributed by atoms with Crippen molar-refractivity contribution in [1.29, 1.82) is 0 Å². The number of thiocarbonyl (C=S) groups is 1. The molecule has 0 radical (unpaired) electrons. The van der Waals surface area contributed by atoms with Crippen molar-refractivity contribution < 1.29 is 4.79 Å². The molecule has 0 aromatic carbocycles. The average molecular weight is 225 g/mol. The Morgan fingerprint density at radius 2 is 2.40 bits per heavy atom. The van der Waals surface area contributed by atoms with Crippen LogP contribution < -0.4 is 16.4 Å². The summed E-state index contributed by atoms with van der Waals surface area (Å²) < 4.78 is 0.